The Morgan fingerprint density at radius 2 is 1.21 bits per heavy atom. The molecule has 3 saturated carbocycles. The molecule has 5 unspecified atom stereocenters. The predicted octanol–water partition coefficient (Wildman–Crippen LogP) is 5.60. The molecule has 4 heterocycles. The quantitative estimate of drug-likeness (QED) is 0.110. The van der Waals surface area contributed by atoms with Gasteiger partial charge in [-0.05, 0) is 111 Å². The Morgan fingerprint density at radius 3 is 1.77 bits per heavy atom. The van der Waals surface area contributed by atoms with Crippen LogP contribution in [-0.2, 0) is 66.4 Å². The lowest BCUT2D eigenvalue weighted by Crippen LogP contribution is -2.66. The van der Waals surface area contributed by atoms with Crippen molar-refractivity contribution in [2.24, 2.45) is 28.6 Å². The molecule has 3 N–H and O–H groups in total. The molecule has 17 heteroatoms. The minimum absolute atomic E-state index is 0.0387. The van der Waals surface area contributed by atoms with Crippen LogP contribution in [0.4, 0.5) is 0 Å². The van der Waals surface area contributed by atoms with Crippen molar-refractivity contribution in [1.29, 1.82) is 0 Å². The number of ether oxygens (including phenoxy) is 12. The van der Waals surface area contributed by atoms with Gasteiger partial charge in [0, 0.05) is 63.9 Å². The average Bonchev–Trinajstić information content (AvgIpc) is 3.61. The molecule has 70 heavy (non-hydrogen) atoms. The Labute approximate surface area is 414 Å². The number of Topliss-reactive ketones (excluding diaryl/α,β-unsaturated/α-hetero) is 1. The molecule has 0 amide bonds. The maximum absolute atomic E-state index is 13.3. The van der Waals surface area contributed by atoms with Gasteiger partial charge in [0.1, 0.15) is 36.3 Å². The fourth-order valence-electron chi connectivity index (χ4n) is 14.2. The van der Waals surface area contributed by atoms with Gasteiger partial charge in [-0.2, -0.15) is 0 Å². The third-order valence-electron chi connectivity index (χ3n) is 18.5. The molecule has 0 aromatic carbocycles. The molecule has 0 aromatic heterocycles. The molecule has 17 nitrogen and oxygen atoms in total. The van der Waals surface area contributed by atoms with E-state index in [4.69, 9.17) is 56.8 Å². The Hall–Kier alpha value is -1.94. The normalized spacial score (nSPS) is 49.8. The summed E-state index contributed by atoms with van der Waals surface area (Å²) < 4.78 is 75.0. The van der Waals surface area contributed by atoms with E-state index >= 15 is 0 Å². The number of methoxy groups -OCH3 is 3. The highest BCUT2D eigenvalue weighted by Gasteiger charge is 2.71. The van der Waals surface area contributed by atoms with E-state index in [-0.39, 0.29) is 47.6 Å². The van der Waals surface area contributed by atoms with E-state index in [1.54, 1.807) is 48.2 Å². The molecule has 8 rings (SSSR count). The summed E-state index contributed by atoms with van der Waals surface area (Å²) in [6.45, 7) is 16.9. The molecule has 7 fully saturated rings. The predicted molar refractivity (Wildman–Crippen MR) is 252 cm³/mol. The van der Waals surface area contributed by atoms with Crippen molar-refractivity contribution < 1.29 is 81.8 Å². The maximum Gasteiger partial charge on any atom is 0.333 e. The smallest absolute Gasteiger partial charge is 0.333 e. The number of aliphatic hydroxyl groups is 3. The summed E-state index contributed by atoms with van der Waals surface area (Å²) in [5, 5.41) is 34.5. The van der Waals surface area contributed by atoms with Crippen LogP contribution < -0.4 is 0 Å². The molecule has 0 radical (unpaired) electrons. The van der Waals surface area contributed by atoms with Gasteiger partial charge in [0.25, 0.3) is 0 Å². The van der Waals surface area contributed by atoms with Crippen LogP contribution in [0.1, 0.15) is 133 Å². The zero-order chi connectivity index (χ0) is 50.6. The summed E-state index contributed by atoms with van der Waals surface area (Å²) in [5.74, 6) is -0.738. The van der Waals surface area contributed by atoms with Crippen molar-refractivity contribution in [2.75, 3.05) is 21.3 Å². The van der Waals surface area contributed by atoms with Gasteiger partial charge >= 0.3 is 5.97 Å². The van der Waals surface area contributed by atoms with Crippen LogP contribution in [0.2, 0.25) is 0 Å². The van der Waals surface area contributed by atoms with Gasteiger partial charge in [-0.15, -0.1) is 0 Å². The summed E-state index contributed by atoms with van der Waals surface area (Å²) in [6, 6.07) is 0. The van der Waals surface area contributed by atoms with E-state index in [2.05, 4.69) is 13.0 Å². The van der Waals surface area contributed by atoms with Crippen molar-refractivity contribution in [1.82, 2.24) is 0 Å². The number of carbonyl (C=O) groups excluding carboxylic acids is 2. The second-order valence-electron chi connectivity index (χ2n) is 22.3. The molecule has 0 bridgehead atoms. The lowest BCUT2D eigenvalue weighted by molar-refractivity contribution is -0.346. The molecule has 4 aliphatic heterocycles. The minimum atomic E-state index is -1.15. The standard InChI is InChI=1S/C53H84O17/c1-13-26(2)50(57)67-41-21-36-35(53(58)19-17-34(27(3)54)52(41,53)9)15-14-32-20-33(16-18-51(32,36)8)66-43-24-39(60-11)49(30(6)64-43)70-45-25-40(61-12)48(31(7)65-45)69-42-22-37(55)47(29(5)63-42)68-44-23-38(59-10)46(56)28(4)62-44/h13-14,28-31,33-49,55-56,58H,15-25H2,1-12H3/b26-13+/t28-,29-,30-,31-,33+,34-,35?,36?,37+,38-,39+,40+,41-,42+,43+,44+,45+,46-,47?,48?,49?,51+,52+,53+/m1/s1. The van der Waals surface area contributed by atoms with E-state index in [9.17, 15) is 24.9 Å². The topological polar surface area (TPSA) is 206 Å². The van der Waals surface area contributed by atoms with Gasteiger partial charge in [0.05, 0.1) is 60.5 Å². The molecule has 24 atom stereocenters. The van der Waals surface area contributed by atoms with Crippen LogP contribution in [0.3, 0.4) is 0 Å². The SMILES string of the molecule is C/C=C(\C)C(=O)O[C@@H]1CC2C(CC=C3C[C@@H](O[C@H]4C[C@H](OC)C(O[C@H]5C[C@H](OC)C(O[C@H]6C[C@H](O)C(O[C@H]7C[C@@H](OC)[C@H](O)[C@@H](C)O7)[C@@H](C)O6)[C@@H](C)O5)[C@@H](C)O4)CC[C@@]32C)[C@@]2(O)CC[C@H](C(C)=O)[C@@]12C. The molecular weight excluding hydrogens is 909 g/mol. The molecule has 4 saturated heterocycles. The van der Waals surface area contributed by atoms with E-state index in [0.717, 1.165) is 19.3 Å². The first-order valence-corrected chi connectivity index (χ1v) is 26.1. The highest BCUT2D eigenvalue weighted by molar-refractivity contribution is 5.88. The van der Waals surface area contributed by atoms with Crippen molar-refractivity contribution in [3.05, 3.63) is 23.3 Å². The molecule has 8 aliphatic rings. The number of rotatable bonds is 14. The number of fused-ring (bicyclic) bond motifs is 5. The highest BCUT2D eigenvalue weighted by Crippen LogP contribution is 2.68. The number of ketones is 1. The van der Waals surface area contributed by atoms with Crippen LogP contribution in [-0.4, -0.2) is 165 Å². The first-order chi connectivity index (χ1) is 33.2. The van der Waals surface area contributed by atoms with Gasteiger partial charge in [-0.25, -0.2) is 4.79 Å². The van der Waals surface area contributed by atoms with Crippen LogP contribution in [0.5, 0.6) is 0 Å². The zero-order valence-corrected chi connectivity index (χ0v) is 43.6. The lowest BCUT2D eigenvalue weighted by atomic mass is 9.45. The van der Waals surface area contributed by atoms with Crippen LogP contribution in [0, 0.1) is 28.6 Å². The Kier molecular flexibility index (Phi) is 16.9. The maximum atomic E-state index is 13.3. The number of hydrogen-bond acceptors (Lipinski definition) is 17. The van der Waals surface area contributed by atoms with Crippen LogP contribution >= 0.6 is 0 Å². The van der Waals surface area contributed by atoms with Gasteiger partial charge in [-0.1, -0.05) is 31.6 Å². The van der Waals surface area contributed by atoms with Gasteiger partial charge in [-0.3, -0.25) is 4.79 Å². The van der Waals surface area contributed by atoms with Crippen molar-refractivity contribution >= 4 is 11.8 Å². The first-order valence-electron chi connectivity index (χ1n) is 26.1. The third-order valence-corrected chi connectivity index (χ3v) is 18.5. The molecule has 4 aliphatic carbocycles. The monoisotopic (exact) mass is 993 g/mol. The number of hydrogen-bond donors (Lipinski definition) is 3. The molecule has 398 valence electrons. The zero-order valence-electron chi connectivity index (χ0n) is 43.6. The lowest BCUT2D eigenvalue weighted by Gasteiger charge is -2.63. The van der Waals surface area contributed by atoms with E-state index < -0.39 is 115 Å². The van der Waals surface area contributed by atoms with E-state index in [1.807, 2.05) is 34.6 Å². The summed E-state index contributed by atoms with van der Waals surface area (Å²) in [6.07, 6.45) is 0.405. The number of carbonyl (C=O) groups is 2. The summed E-state index contributed by atoms with van der Waals surface area (Å²) in [4.78, 5) is 26.5. The van der Waals surface area contributed by atoms with Crippen LogP contribution in [0.25, 0.3) is 0 Å². The number of allylic oxidation sites excluding steroid dienone is 2. The largest absolute Gasteiger partial charge is 0.458 e. The Morgan fingerprint density at radius 1 is 0.686 bits per heavy atom. The summed E-state index contributed by atoms with van der Waals surface area (Å²) in [5.41, 5.74) is -0.451. The number of esters is 1. The second-order valence-corrected chi connectivity index (χ2v) is 22.3. The molecule has 0 aromatic rings. The van der Waals surface area contributed by atoms with Crippen molar-refractivity contribution in [3.8, 4) is 0 Å². The van der Waals surface area contributed by atoms with Crippen LogP contribution in [0.15, 0.2) is 23.3 Å². The average molecular weight is 993 g/mol. The van der Waals surface area contributed by atoms with Crippen molar-refractivity contribution in [3.63, 3.8) is 0 Å². The van der Waals surface area contributed by atoms with E-state index in [1.165, 1.54) is 5.57 Å². The van der Waals surface area contributed by atoms with Gasteiger partial charge in [0.15, 0.2) is 25.2 Å². The second kappa shape index (κ2) is 21.7. The third kappa shape index (κ3) is 10.1. The Bertz CT molecular complexity index is 1880. The van der Waals surface area contributed by atoms with Gasteiger partial charge < -0.3 is 72.2 Å². The molecular formula is C53H84O17. The number of aliphatic hydroxyl groups excluding tert-OH is 2. The summed E-state index contributed by atoms with van der Waals surface area (Å²) >= 11 is 0. The summed E-state index contributed by atoms with van der Waals surface area (Å²) in [7, 11) is 4.85. The Balaban J connectivity index is 0.850. The fraction of sp³-hybridized carbons (Fsp3) is 0.887. The van der Waals surface area contributed by atoms with E-state index in [0.29, 0.717) is 50.5 Å². The van der Waals surface area contributed by atoms with Crippen molar-refractivity contribution in [2.45, 2.75) is 249 Å². The molecule has 0 spiro atoms. The minimum Gasteiger partial charge on any atom is -0.458 e. The highest BCUT2D eigenvalue weighted by atomic mass is 16.8. The fourth-order valence-corrected chi connectivity index (χ4v) is 14.2. The first kappa shape index (κ1) is 54.3. The van der Waals surface area contributed by atoms with Gasteiger partial charge in [0.2, 0.25) is 0 Å².